The molecule has 2 unspecified atom stereocenters. The molecule has 8 nitrogen and oxygen atoms in total. The van der Waals surface area contributed by atoms with E-state index in [2.05, 4.69) is 21.0 Å². The van der Waals surface area contributed by atoms with E-state index in [0.717, 1.165) is 68.8 Å². The molecule has 0 spiro atoms. The van der Waals surface area contributed by atoms with Gasteiger partial charge in [-0.2, -0.15) is 9.97 Å². The number of phenols is 1. The maximum Gasteiger partial charge on any atom is 0.319 e. The molecule has 4 aliphatic rings. The highest BCUT2D eigenvalue weighted by atomic mass is 19.1. The van der Waals surface area contributed by atoms with E-state index in [1.807, 2.05) is 6.92 Å². The monoisotopic (exact) mass is 578 g/mol. The van der Waals surface area contributed by atoms with Crippen LogP contribution in [0.1, 0.15) is 49.7 Å². The van der Waals surface area contributed by atoms with Crippen molar-refractivity contribution >= 4 is 27.6 Å². The zero-order valence-electron chi connectivity index (χ0n) is 24.4. The van der Waals surface area contributed by atoms with Gasteiger partial charge in [0, 0.05) is 42.3 Å². The van der Waals surface area contributed by atoms with Gasteiger partial charge in [0.2, 0.25) is 0 Å². The van der Waals surface area contributed by atoms with Crippen LogP contribution in [-0.2, 0) is 0 Å². The molecular formula is C34H35FN6O2. The number of anilines is 1. The molecule has 2 aromatic carbocycles. The molecule has 2 atom stereocenters. The van der Waals surface area contributed by atoms with Crippen molar-refractivity contribution in [3.05, 3.63) is 47.4 Å². The maximum atomic E-state index is 14.9. The Kier molecular flexibility index (Phi) is 6.21. The van der Waals surface area contributed by atoms with Crippen molar-refractivity contribution in [2.75, 3.05) is 37.7 Å². The Morgan fingerprint density at radius 3 is 2.60 bits per heavy atom. The van der Waals surface area contributed by atoms with Crippen molar-refractivity contribution in [3.8, 4) is 35.2 Å². The number of benzene rings is 2. The van der Waals surface area contributed by atoms with E-state index in [-0.39, 0.29) is 16.9 Å². The van der Waals surface area contributed by atoms with Gasteiger partial charge in [0.05, 0.1) is 11.1 Å². The molecule has 0 aliphatic carbocycles. The topological polar surface area (TPSA) is 86.6 Å². The number of nitrogens with one attached hydrogen (secondary N) is 1. The van der Waals surface area contributed by atoms with Crippen molar-refractivity contribution in [1.29, 1.82) is 0 Å². The first kappa shape index (κ1) is 26.6. The molecule has 0 amide bonds. The molecule has 4 aliphatic heterocycles. The molecule has 4 fully saturated rings. The highest BCUT2D eigenvalue weighted by Crippen LogP contribution is 2.41. The lowest BCUT2D eigenvalue weighted by Gasteiger charge is -2.34. The second-order valence-electron chi connectivity index (χ2n) is 12.7. The van der Waals surface area contributed by atoms with E-state index < -0.39 is 5.82 Å². The van der Waals surface area contributed by atoms with Gasteiger partial charge in [-0.25, -0.2) is 4.39 Å². The SMILES string of the molecule is C#Cc1c(F)ccc2cc(O)cc(-c3cnc4c(N5CC6CCC(C5)N6)nc(OCC56CCCN5CCC6)nc4c3C)c12. The summed E-state index contributed by atoms with van der Waals surface area (Å²) in [6.07, 6.45) is 14.5. The summed E-state index contributed by atoms with van der Waals surface area (Å²) in [4.78, 5) is 19.8. The van der Waals surface area contributed by atoms with Crippen LogP contribution in [0.15, 0.2) is 30.5 Å². The van der Waals surface area contributed by atoms with Gasteiger partial charge in [-0.3, -0.25) is 9.88 Å². The minimum Gasteiger partial charge on any atom is -0.508 e. The minimum atomic E-state index is -0.478. The number of terminal acetylenes is 1. The van der Waals surface area contributed by atoms with E-state index in [0.29, 0.717) is 52.1 Å². The summed E-state index contributed by atoms with van der Waals surface area (Å²) in [5.74, 6) is 2.90. The minimum absolute atomic E-state index is 0.0669. The Bertz CT molecular complexity index is 1800. The van der Waals surface area contributed by atoms with E-state index in [1.165, 1.54) is 18.9 Å². The van der Waals surface area contributed by atoms with E-state index in [9.17, 15) is 9.50 Å². The summed E-state index contributed by atoms with van der Waals surface area (Å²) < 4.78 is 21.4. The quantitative estimate of drug-likeness (QED) is 0.323. The Labute approximate surface area is 250 Å². The third kappa shape index (κ3) is 4.30. The third-order valence-electron chi connectivity index (χ3n) is 10.2. The van der Waals surface area contributed by atoms with Crippen LogP contribution in [0.2, 0.25) is 0 Å². The van der Waals surface area contributed by atoms with Gasteiger partial charge in [0.25, 0.3) is 0 Å². The molecule has 2 N–H and O–H groups in total. The van der Waals surface area contributed by atoms with Crippen LogP contribution < -0.4 is 15.0 Å². The molecule has 4 saturated heterocycles. The average Bonchev–Trinajstić information content (AvgIpc) is 3.69. The summed E-state index contributed by atoms with van der Waals surface area (Å²) in [7, 11) is 0. The largest absolute Gasteiger partial charge is 0.508 e. The Morgan fingerprint density at radius 2 is 1.86 bits per heavy atom. The molecule has 2 bridgehead atoms. The zero-order valence-corrected chi connectivity index (χ0v) is 24.4. The molecule has 4 aromatic rings. The van der Waals surface area contributed by atoms with Gasteiger partial charge in [-0.1, -0.05) is 12.0 Å². The van der Waals surface area contributed by atoms with Crippen molar-refractivity contribution < 1.29 is 14.2 Å². The lowest BCUT2D eigenvalue weighted by molar-refractivity contribution is 0.108. The predicted octanol–water partition coefficient (Wildman–Crippen LogP) is 4.93. The van der Waals surface area contributed by atoms with Crippen LogP contribution in [0, 0.1) is 25.1 Å². The average molecular weight is 579 g/mol. The summed E-state index contributed by atoms with van der Waals surface area (Å²) in [5, 5.41) is 15.6. The van der Waals surface area contributed by atoms with Crippen LogP contribution in [0.4, 0.5) is 10.2 Å². The number of aromatic nitrogens is 3. The molecule has 220 valence electrons. The number of aromatic hydroxyl groups is 1. The summed E-state index contributed by atoms with van der Waals surface area (Å²) >= 11 is 0. The molecule has 43 heavy (non-hydrogen) atoms. The van der Waals surface area contributed by atoms with Gasteiger partial charge in [0.15, 0.2) is 5.82 Å². The van der Waals surface area contributed by atoms with E-state index in [1.54, 1.807) is 24.4 Å². The second kappa shape index (κ2) is 10.0. The van der Waals surface area contributed by atoms with Gasteiger partial charge >= 0.3 is 6.01 Å². The lowest BCUT2D eigenvalue weighted by atomic mass is 9.92. The van der Waals surface area contributed by atoms with Crippen LogP contribution in [-0.4, -0.2) is 75.4 Å². The zero-order chi connectivity index (χ0) is 29.3. The fraction of sp³-hybridized carbons (Fsp3) is 0.441. The summed E-state index contributed by atoms with van der Waals surface area (Å²) in [5.41, 5.74) is 3.81. The van der Waals surface area contributed by atoms with Gasteiger partial charge in [0.1, 0.15) is 29.2 Å². The number of piperazine rings is 1. The maximum absolute atomic E-state index is 14.9. The van der Waals surface area contributed by atoms with Gasteiger partial charge in [-0.05, 0) is 93.3 Å². The lowest BCUT2D eigenvalue weighted by Crippen LogP contribution is -2.51. The molecule has 0 radical (unpaired) electrons. The normalized spacial score (nSPS) is 22.8. The number of ether oxygens (including phenoxy) is 1. The van der Waals surface area contributed by atoms with Crippen molar-refractivity contribution in [2.45, 2.75) is 63.1 Å². The van der Waals surface area contributed by atoms with Crippen LogP contribution >= 0.6 is 0 Å². The molecule has 2 aromatic heterocycles. The number of nitrogens with zero attached hydrogens (tertiary/aromatic N) is 5. The summed E-state index contributed by atoms with van der Waals surface area (Å²) in [6, 6.07) is 7.41. The Hall–Kier alpha value is -4.00. The second-order valence-corrected chi connectivity index (χ2v) is 12.7. The molecular weight excluding hydrogens is 543 g/mol. The number of fused-ring (bicyclic) bond motifs is 5. The Balaban J connectivity index is 1.28. The van der Waals surface area contributed by atoms with Gasteiger partial charge < -0.3 is 20.1 Å². The number of pyridine rings is 1. The van der Waals surface area contributed by atoms with E-state index >= 15 is 0 Å². The molecule has 6 heterocycles. The first-order valence-corrected chi connectivity index (χ1v) is 15.4. The standard InChI is InChI=1S/C34H35FN6O2/c1-3-25-28(35)9-6-21-14-24(42)15-26(29(21)25)27-16-36-31-30(20(27)2)38-33(43-19-34-10-4-12-41(34)13-5-11-34)39-32(31)40-17-22-7-8-23(18-40)37-22/h1,6,9,14-16,22-23,37,42H,4-5,7-8,10-13,17-19H2,2H3. The molecule has 0 saturated carbocycles. The summed E-state index contributed by atoms with van der Waals surface area (Å²) in [6.45, 7) is 6.51. The van der Waals surface area contributed by atoms with Crippen LogP contribution in [0.5, 0.6) is 11.8 Å². The predicted molar refractivity (Wildman–Crippen MR) is 165 cm³/mol. The smallest absolute Gasteiger partial charge is 0.319 e. The Morgan fingerprint density at radius 1 is 1.09 bits per heavy atom. The number of aryl methyl sites for hydroxylation is 1. The number of rotatable bonds is 5. The highest BCUT2D eigenvalue weighted by molar-refractivity contribution is 6.04. The first-order valence-electron chi connectivity index (χ1n) is 15.4. The van der Waals surface area contributed by atoms with Gasteiger partial charge in [-0.15, -0.1) is 6.42 Å². The van der Waals surface area contributed by atoms with Crippen LogP contribution in [0.25, 0.3) is 32.9 Å². The van der Waals surface area contributed by atoms with E-state index in [4.69, 9.17) is 26.1 Å². The molecule has 8 rings (SSSR count). The highest BCUT2D eigenvalue weighted by Gasteiger charge is 2.45. The van der Waals surface area contributed by atoms with Crippen molar-refractivity contribution in [2.24, 2.45) is 0 Å². The molecule has 9 heteroatoms. The van der Waals surface area contributed by atoms with Crippen LogP contribution in [0.3, 0.4) is 0 Å². The number of hydrogen-bond donors (Lipinski definition) is 2. The van der Waals surface area contributed by atoms with Crippen molar-refractivity contribution in [1.82, 2.24) is 25.2 Å². The number of hydrogen-bond acceptors (Lipinski definition) is 8. The number of halogens is 1. The number of phenolic OH excluding ortho intramolecular Hbond substituents is 1. The third-order valence-corrected chi connectivity index (χ3v) is 10.2. The van der Waals surface area contributed by atoms with Crippen molar-refractivity contribution in [3.63, 3.8) is 0 Å². The fourth-order valence-corrected chi connectivity index (χ4v) is 8.12. The first-order chi connectivity index (χ1) is 20.9. The fourth-order valence-electron chi connectivity index (χ4n) is 8.12.